The quantitative estimate of drug-likeness (QED) is 0.453. The van der Waals surface area contributed by atoms with Gasteiger partial charge in [0.1, 0.15) is 29.5 Å². The molecule has 0 aromatic heterocycles. The molecule has 0 amide bonds. The summed E-state index contributed by atoms with van der Waals surface area (Å²) >= 11 is 0. The predicted octanol–water partition coefficient (Wildman–Crippen LogP) is 6.73. The Kier molecular flexibility index (Phi) is 5.42. The van der Waals surface area contributed by atoms with Crippen LogP contribution in [0.25, 0.3) is 6.08 Å². The first-order valence-corrected chi connectivity index (χ1v) is 11.5. The molecule has 2 aliphatic rings. The standard InChI is InChI=1S/C29H30O3/c1-4-20-10-12-24(27(16-20)30-18-21-8-6-5-7-9-21)23-17-22-11-13-26-25(28(22)31-19-23)14-15-29(2,3)32-26/h5-16,23H,4,17-19H2,1-3H3. The van der Waals surface area contributed by atoms with E-state index >= 15 is 0 Å². The van der Waals surface area contributed by atoms with Crippen molar-refractivity contribution in [2.24, 2.45) is 0 Å². The molecule has 0 aliphatic carbocycles. The molecule has 0 saturated carbocycles. The maximum absolute atomic E-state index is 6.34. The van der Waals surface area contributed by atoms with Crippen molar-refractivity contribution in [2.45, 2.75) is 51.7 Å². The van der Waals surface area contributed by atoms with Crippen LogP contribution in [-0.2, 0) is 19.4 Å². The van der Waals surface area contributed by atoms with Crippen LogP contribution in [0.2, 0.25) is 0 Å². The molecule has 0 spiro atoms. The molecule has 0 radical (unpaired) electrons. The van der Waals surface area contributed by atoms with Gasteiger partial charge in [-0.15, -0.1) is 0 Å². The highest BCUT2D eigenvalue weighted by Gasteiger charge is 2.30. The molecule has 0 saturated heterocycles. The van der Waals surface area contributed by atoms with Crippen LogP contribution >= 0.6 is 0 Å². The van der Waals surface area contributed by atoms with E-state index in [9.17, 15) is 0 Å². The number of aryl methyl sites for hydroxylation is 1. The zero-order valence-electron chi connectivity index (χ0n) is 19.1. The Morgan fingerprint density at radius 3 is 2.66 bits per heavy atom. The third-order valence-electron chi connectivity index (χ3n) is 6.32. The lowest BCUT2D eigenvalue weighted by atomic mass is 9.87. The maximum Gasteiger partial charge on any atom is 0.133 e. The molecule has 3 aromatic rings. The molecule has 164 valence electrons. The van der Waals surface area contributed by atoms with Crippen molar-refractivity contribution >= 4 is 6.08 Å². The molecule has 0 bridgehead atoms. The van der Waals surface area contributed by atoms with Crippen molar-refractivity contribution in [2.75, 3.05) is 6.61 Å². The van der Waals surface area contributed by atoms with Gasteiger partial charge >= 0.3 is 0 Å². The summed E-state index contributed by atoms with van der Waals surface area (Å²) in [6.07, 6.45) is 6.15. The van der Waals surface area contributed by atoms with E-state index in [0.29, 0.717) is 13.2 Å². The first-order valence-electron chi connectivity index (χ1n) is 11.5. The lowest BCUT2D eigenvalue weighted by Gasteiger charge is -2.32. The van der Waals surface area contributed by atoms with E-state index < -0.39 is 0 Å². The van der Waals surface area contributed by atoms with Gasteiger partial charge in [-0.1, -0.05) is 55.5 Å². The Balaban J connectivity index is 1.41. The Hall–Kier alpha value is -3.20. The van der Waals surface area contributed by atoms with E-state index in [0.717, 1.165) is 35.7 Å². The summed E-state index contributed by atoms with van der Waals surface area (Å²) in [4.78, 5) is 0. The first-order chi connectivity index (χ1) is 15.5. The normalized spacial score (nSPS) is 18.2. The summed E-state index contributed by atoms with van der Waals surface area (Å²) in [6, 6.07) is 21.2. The number of benzene rings is 3. The van der Waals surface area contributed by atoms with Crippen LogP contribution in [0, 0.1) is 0 Å². The number of hydrogen-bond donors (Lipinski definition) is 0. The third-order valence-corrected chi connectivity index (χ3v) is 6.32. The monoisotopic (exact) mass is 426 g/mol. The molecule has 2 heterocycles. The van der Waals surface area contributed by atoms with Crippen molar-refractivity contribution in [3.05, 3.63) is 94.6 Å². The van der Waals surface area contributed by atoms with Gasteiger partial charge in [-0.05, 0) is 67.7 Å². The number of ether oxygens (including phenoxy) is 3. The van der Waals surface area contributed by atoms with E-state index in [2.05, 4.69) is 75.4 Å². The lowest BCUT2D eigenvalue weighted by molar-refractivity contribution is 0.157. The molecule has 3 heteroatoms. The summed E-state index contributed by atoms with van der Waals surface area (Å²) in [6.45, 7) is 7.51. The fourth-order valence-electron chi connectivity index (χ4n) is 4.51. The topological polar surface area (TPSA) is 27.7 Å². The minimum atomic E-state index is -0.287. The Morgan fingerprint density at radius 2 is 1.84 bits per heavy atom. The van der Waals surface area contributed by atoms with Crippen LogP contribution in [0.5, 0.6) is 17.2 Å². The zero-order valence-corrected chi connectivity index (χ0v) is 19.1. The van der Waals surface area contributed by atoms with E-state index in [4.69, 9.17) is 14.2 Å². The van der Waals surface area contributed by atoms with Crippen molar-refractivity contribution in [3.8, 4) is 17.2 Å². The Bertz CT molecular complexity index is 1140. The summed E-state index contributed by atoms with van der Waals surface area (Å²) in [5.74, 6) is 3.08. The van der Waals surface area contributed by atoms with Gasteiger partial charge in [-0.2, -0.15) is 0 Å². The smallest absolute Gasteiger partial charge is 0.133 e. The summed E-state index contributed by atoms with van der Waals surface area (Å²) in [7, 11) is 0. The first kappa shape index (κ1) is 20.7. The fraction of sp³-hybridized carbons (Fsp3) is 0.310. The average molecular weight is 427 g/mol. The largest absolute Gasteiger partial charge is 0.492 e. The van der Waals surface area contributed by atoms with Crippen LogP contribution in [-0.4, -0.2) is 12.2 Å². The maximum atomic E-state index is 6.34. The SMILES string of the molecule is CCc1ccc(C2COc3c(ccc4c3C=CC(C)(C)O4)C2)c(OCc2ccccc2)c1. The van der Waals surface area contributed by atoms with E-state index in [1.54, 1.807) is 0 Å². The minimum Gasteiger partial charge on any atom is -0.492 e. The molecule has 0 fully saturated rings. The van der Waals surface area contributed by atoms with Gasteiger partial charge in [0.25, 0.3) is 0 Å². The fourth-order valence-corrected chi connectivity index (χ4v) is 4.51. The van der Waals surface area contributed by atoms with Crippen molar-refractivity contribution in [3.63, 3.8) is 0 Å². The second-order valence-electron chi connectivity index (χ2n) is 9.22. The number of rotatable bonds is 5. The van der Waals surface area contributed by atoms with Gasteiger partial charge in [0.2, 0.25) is 0 Å². The summed E-state index contributed by atoms with van der Waals surface area (Å²) in [5, 5.41) is 0. The van der Waals surface area contributed by atoms with Gasteiger partial charge in [0, 0.05) is 11.5 Å². The van der Waals surface area contributed by atoms with Crippen molar-refractivity contribution in [1.29, 1.82) is 0 Å². The van der Waals surface area contributed by atoms with Crippen LogP contribution in [0.1, 0.15) is 54.5 Å². The number of fused-ring (bicyclic) bond motifs is 3. The van der Waals surface area contributed by atoms with Gasteiger partial charge < -0.3 is 14.2 Å². The second-order valence-corrected chi connectivity index (χ2v) is 9.22. The van der Waals surface area contributed by atoms with E-state index in [1.165, 1.54) is 22.3 Å². The molecular formula is C29H30O3. The number of hydrogen-bond acceptors (Lipinski definition) is 3. The van der Waals surface area contributed by atoms with Crippen LogP contribution in [0.15, 0.2) is 66.7 Å². The predicted molar refractivity (Wildman–Crippen MR) is 129 cm³/mol. The van der Waals surface area contributed by atoms with Crippen LogP contribution in [0.3, 0.4) is 0 Å². The minimum absolute atomic E-state index is 0.252. The van der Waals surface area contributed by atoms with Crippen molar-refractivity contribution in [1.82, 2.24) is 0 Å². The van der Waals surface area contributed by atoms with Crippen LogP contribution < -0.4 is 14.2 Å². The molecule has 3 nitrogen and oxygen atoms in total. The average Bonchev–Trinajstić information content (AvgIpc) is 2.82. The highest BCUT2D eigenvalue weighted by molar-refractivity contribution is 5.69. The van der Waals surface area contributed by atoms with E-state index in [-0.39, 0.29) is 11.5 Å². The highest BCUT2D eigenvalue weighted by Crippen LogP contribution is 2.44. The summed E-state index contributed by atoms with van der Waals surface area (Å²) in [5.41, 5.74) is 5.67. The lowest BCUT2D eigenvalue weighted by Crippen LogP contribution is -2.28. The molecule has 1 atom stereocenters. The molecule has 5 rings (SSSR count). The zero-order chi connectivity index (χ0) is 22.1. The molecule has 2 aliphatic heterocycles. The van der Waals surface area contributed by atoms with Gasteiger partial charge in [-0.3, -0.25) is 0 Å². The van der Waals surface area contributed by atoms with Gasteiger partial charge in [-0.25, -0.2) is 0 Å². The third kappa shape index (κ3) is 4.12. The Morgan fingerprint density at radius 1 is 1.00 bits per heavy atom. The Labute approximate surface area is 190 Å². The van der Waals surface area contributed by atoms with Crippen molar-refractivity contribution < 1.29 is 14.2 Å². The van der Waals surface area contributed by atoms with Crippen LogP contribution in [0.4, 0.5) is 0 Å². The second kappa shape index (κ2) is 8.38. The molecule has 3 aromatic carbocycles. The molecule has 0 N–H and O–H groups in total. The highest BCUT2D eigenvalue weighted by atomic mass is 16.5. The molecular weight excluding hydrogens is 396 g/mol. The molecule has 32 heavy (non-hydrogen) atoms. The molecule has 1 unspecified atom stereocenters. The summed E-state index contributed by atoms with van der Waals surface area (Å²) < 4.78 is 18.8. The van der Waals surface area contributed by atoms with E-state index in [1.807, 2.05) is 18.2 Å². The van der Waals surface area contributed by atoms with Gasteiger partial charge in [0.05, 0.1) is 12.2 Å². The van der Waals surface area contributed by atoms with Gasteiger partial charge in [0.15, 0.2) is 0 Å².